The Balaban J connectivity index is 1.55. The fourth-order valence-electron chi connectivity index (χ4n) is 4.41. The monoisotopic (exact) mass is 386 g/mol. The molecule has 0 saturated carbocycles. The number of fused-ring (bicyclic) bond motifs is 1. The molecule has 1 fully saturated rings. The van der Waals surface area contributed by atoms with Gasteiger partial charge in [-0.1, -0.05) is 38.1 Å². The summed E-state index contributed by atoms with van der Waals surface area (Å²) < 4.78 is 1.83. The Morgan fingerprint density at radius 2 is 1.86 bits per heavy atom. The number of likely N-dealkylation sites (N-methyl/N-ethyl adjacent to an activating group) is 1. The molecule has 1 N–H and O–H groups in total. The van der Waals surface area contributed by atoms with E-state index >= 15 is 0 Å². The van der Waals surface area contributed by atoms with Crippen LogP contribution in [0.25, 0.3) is 28.2 Å². The van der Waals surface area contributed by atoms with Crippen LogP contribution < -0.4 is 0 Å². The summed E-state index contributed by atoms with van der Waals surface area (Å²) in [7, 11) is 2.17. The van der Waals surface area contributed by atoms with Crippen LogP contribution in [0.5, 0.6) is 0 Å². The lowest BCUT2D eigenvalue weighted by molar-refractivity contribution is 0.190. The summed E-state index contributed by atoms with van der Waals surface area (Å²) in [5.41, 5.74) is 8.96. The van der Waals surface area contributed by atoms with Crippen LogP contribution in [0.3, 0.4) is 0 Å². The van der Waals surface area contributed by atoms with Crippen molar-refractivity contribution in [2.24, 2.45) is 0 Å². The van der Waals surface area contributed by atoms with Gasteiger partial charge in [-0.3, -0.25) is 5.10 Å². The van der Waals surface area contributed by atoms with E-state index in [4.69, 9.17) is 5.10 Å². The molecule has 1 aliphatic heterocycles. The molecule has 5 rings (SSSR count). The first-order valence-electron chi connectivity index (χ1n) is 10.2. The first-order valence-corrected chi connectivity index (χ1v) is 10.2. The largest absolute Gasteiger partial charge is 0.305 e. The zero-order valence-electron chi connectivity index (χ0n) is 17.3. The Hall–Kier alpha value is -2.99. The predicted octanol–water partition coefficient (Wildman–Crippen LogP) is 4.25. The maximum absolute atomic E-state index is 4.72. The standard InChI is InChI=1S/C23H26N6/c1-14(2)20-21(17-7-5-16(6-8-17)19-10-28(4)11-19)26-27-22(20)18-9-15(3)23-24-13-25-29(23)12-18/h5-9,12-14,19H,10-11H2,1-4H3,(H,26,27). The van der Waals surface area contributed by atoms with Crippen LogP contribution in [-0.4, -0.2) is 49.8 Å². The first kappa shape index (κ1) is 18.1. The predicted molar refractivity (Wildman–Crippen MR) is 115 cm³/mol. The molecule has 148 valence electrons. The minimum absolute atomic E-state index is 0.338. The Morgan fingerprint density at radius 1 is 1.10 bits per heavy atom. The van der Waals surface area contributed by atoms with Gasteiger partial charge in [-0.2, -0.15) is 10.2 Å². The van der Waals surface area contributed by atoms with Gasteiger partial charge in [0, 0.05) is 36.3 Å². The normalized spacial score (nSPS) is 15.3. The van der Waals surface area contributed by atoms with Gasteiger partial charge in [0.25, 0.3) is 0 Å². The fourth-order valence-corrected chi connectivity index (χ4v) is 4.41. The molecule has 0 aliphatic carbocycles. The third kappa shape index (κ3) is 3.04. The Kier molecular flexibility index (Phi) is 4.24. The van der Waals surface area contributed by atoms with Crippen molar-refractivity contribution >= 4 is 5.65 Å². The zero-order valence-corrected chi connectivity index (χ0v) is 17.3. The lowest BCUT2D eigenvalue weighted by Gasteiger charge is -2.36. The van der Waals surface area contributed by atoms with Gasteiger partial charge in [0.2, 0.25) is 0 Å². The number of hydrogen-bond acceptors (Lipinski definition) is 4. The smallest absolute Gasteiger partial charge is 0.158 e. The molecule has 29 heavy (non-hydrogen) atoms. The van der Waals surface area contributed by atoms with E-state index in [0.717, 1.165) is 41.3 Å². The number of aromatic amines is 1. The average molecular weight is 387 g/mol. The van der Waals surface area contributed by atoms with E-state index in [1.807, 2.05) is 10.7 Å². The molecule has 0 amide bonds. The minimum Gasteiger partial charge on any atom is -0.305 e. The Bertz CT molecular complexity index is 1160. The second kappa shape index (κ2) is 6.81. The van der Waals surface area contributed by atoms with Crippen LogP contribution in [0, 0.1) is 6.92 Å². The summed E-state index contributed by atoms with van der Waals surface area (Å²) in [5, 5.41) is 12.3. The molecule has 0 radical (unpaired) electrons. The van der Waals surface area contributed by atoms with Gasteiger partial charge in [-0.25, -0.2) is 9.50 Å². The van der Waals surface area contributed by atoms with Gasteiger partial charge in [-0.15, -0.1) is 0 Å². The maximum Gasteiger partial charge on any atom is 0.158 e. The molecule has 1 aromatic carbocycles. The van der Waals surface area contributed by atoms with Crippen molar-refractivity contribution in [3.8, 4) is 22.5 Å². The van der Waals surface area contributed by atoms with Crippen molar-refractivity contribution in [1.82, 2.24) is 29.7 Å². The maximum atomic E-state index is 4.72. The van der Waals surface area contributed by atoms with E-state index in [1.54, 1.807) is 6.33 Å². The number of H-pyrrole nitrogens is 1. The topological polar surface area (TPSA) is 62.1 Å². The van der Waals surface area contributed by atoms with Crippen molar-refractivity contribution in [3.63, 3.8) is 0 Å². The van der Waals surface area contributed by atoms with Gasteiger partial charge >= 0.3 is 0 Å². The second-order valence-electron chi connectivity index (χ2n) is 8.50. The molecule has 1 saturated heterocycles. The van der Waals surface area contributed by atoms with Gasteiger partial charge in [-0.05, 0) is 42.6 Å². The molecule has 3 aromatic heterocycles. The number of aryl methyl sites for hydroxylation is 1. The van der Waals surface area contributed by atoms with E-state index in [1.165, 1.54) is 16.7 Å². The van der Waals surface area contributed by atoms with E-state index in [9.17, 15) is 0 Å². The average Bonchev–Trinajstić information content (AvgIpc) is 3.33. The second-order valence-corrected chi connectivity index (χ2v) is 8.50. The fraction of sp³-hybridized carbons (Fsp3) is 0.348. The lowest BCUT2D eigenvalue weighted by atomic mass is 9.90. The number of aromatic nitrogens is 5. The third-order valence-electron chi connectivity index (χ3n) is 5.95. The van der Waals surface area contributed by atoms with Gasteiger partial charge in [0.1, 0.15) is 6.33 Å². The molecule has 6 heteroatoms. The summed E-state index contributed by atoms with van der Waals surface area (Å²) in [4.78, 5) is 6.67. The summed E-state index contributed by atoms with van der Waals surface area (Å²) in [6.07, 6.45) is 3.60. The quantitative estimate of drug-likeness (QED) is 0.570. The van der Waals surface area contributed by atoms with Crippen molar-refractivity contribution in [2.45, 2.75) is 32.6 Å². The number of hydrogen-bond donors (Lipinski definition) is 1. The van der Waals surface area contributed by atoms with Gasteiger partial charge < -0.3 is 4.90 Å². The van der Waals surface area contributed by atoms with Gasteiger partial charge in [0.05, 0.1) is 11.4 Å². The number of nitrogens with zero attached hydrogens (tertiary/aromatic N) is 5. The third-order valence-corrected chi connectivity index (χ3v) is 5.95. The Morgan fingerprint density at radius 3 is 2.55 bits per heavy atom. The molecular weight excluding hydrogens is 360 g/mol. The van der Waals surface area contributed by atoms with Crippen LogP contribution in [0.1, 0.15) is 42.4 Å². The molecule has 0 bridgehead atoms. The summed E-state index contributed by atoms with van der Waals surface area (Å²) in [5.74, 6) is 0.999. The highest BCUT2D eigenvalue weighted by molar-refractivity contribution is 5.76. The van der Waals surface area contributed by atoms with Crippen LogP contribution >= 0.6 is 0 Å². The summed E-state index contributed by atoms with van der Waals surface area (Å²) >= 11 is 0. The van der Waals surface area contributed by atoms with Crippen LogP contribution in [0.4, 0.5) is 0 Å². The van der Waals surface area contributed by atoms with Crippen molar-refractivity contribution in [3.05, 3.63) is 59.5 Å². The lowest BCUT2D eigenvalue weighted by Crippen LogP contribution is -2.41. The van der Waals surface area contributed by atoms with E-state index in [-0.39, 0.29) is 0 Å². The minimum atomic E-state index is 0.338. The zero-order chi connectivity index (χ0) is 20.1. The Labute approximate surface area is 170 Å². The van der Waals surface area contributed by atoms with Crippen LogP contribution in [-0.2, 0) is 0 Å². The first-order chi connectivity index (χ1) is 14.0. The molecule has 0 unspecified atom stereocenters. The number of rotatable bonds is 4. The number of pyridine rings is 1. The van der Waals surface area contributed by atoms with Crippen molar-refractivity contribution in [2.75, 3.05) is 20.1 Å². The summed E-state index contributed by atoms with van der Waals surface area (Å²) in [6, 6.07) is 11.1. The van der Waals surface area contributed by atoms with E-state index in [0.29, 0.717) is 11.8 Å². The van der Waals surface area contributed by atoms with Crippen molar-refractivity contribution < 1.29 is 0 Å². The molecule has 1 aliphatic rings. The highest BCUT2D eigenvalue weighted by Crippen LogP contribution is 2.36. The molecule has 4 heterocycles. The molecule has 0 atom stereocenters. The molecule has 6 nitrogen and oxygen atoms in total. The summed E-state index contributed by atoms with van der Waals surface area (Å²) in [6.45, 7) is 8.80. The highest BCUT2D eigenvalue weighted by Gasteiger charge is 2.25. The van der Waals surface area contributed by atoms with Crippen LogP contribution in [0.2, 0.25) is 0 Å². The molecule has 4 aromatic rings. The van der Waals surface area contributed by atoms with E-state index in [2.05, 4.69) is 78.2 Å². The van der Waals surface area contributed by atoms with E-state index < -0.39 is 0 Å². The number of benzene rings is 1. The molecular formula is C23H26N6. The molecule has 0 spiro atoms. The number of nitrogens with one attached hydrogen (secondary N) is 1. The highest BCUT2D eigenvalue weighted by atomic mass is 15.3. The SMILES string of the molecule is Cc1cc(-c2n[nH]c(-c3ccc(C4CN(C)C4)cc3)c2C(C)C)cn2ncnc12. The number of likely N-dealkylation sites (tertiary alicyclic amines) is 1. The van der Waals surface area contributed by atoms with Gasteiger partial charge in [0.15, 0.2) is 5.65 Å². The van der Waals surface area contributed by atoms with Crippen molar-refractivity contribution in [1.29, 1.82) is 0 Å². The van der Waals surface area contributed by atoms with Crippen LogP contribution in [0.15, 0.2) is 42.9 Å².